The molecule has 2 heterocycles. The number of nitrogens with zero attached hydrogens (tertiary/aromatic N) is 1. The molecule has 1 unspecified atom stereocenters. The smallest absolute Gasteiger partial charge is 0.245 e. The highest BCUT2D eigenvalue weighted by atomic mass is 19.1. The van der Waals surface area contributed by atoms with Crippen LogP contribution < -0.4 is 10.6 Å². The molecule has 25 heavy (non-hydrogen) atoms. The molecule has 3 rings (SSSR count). The highest BCUT2D eigenvalue weighted by Crippen LogP contribution is 2.16. The predicted octanol–water partition coefficient (Wildman–Crippen LogP) is 0.754. The van der Waals surface area contributed by atoms with E-state index in [-0.39, 0.29) is 36.0 Å². The molecule has 1 atom stereocenters. The van der Waals surface area contributed by atoms with Crippen molar-refractivity contribution in [1.29, 1.82) is 0 Å². The molecule has 2 aliphatic rings. The van der Waals surface area contributed by atoms with E-state index in [1.165, 1.54) is 12.1 Å². The second kappa shape index (κ2) is 7.63. The van der Waals surface area contributed by atoms with Crippen LogP contribution in [0.2, 0.25) is 0 Å². The van der Waals surface area contributed by atoms with Gasteiger partial charge in [-0.1, -0.05) is 12.1 Å². The summed E-state index contributed by atoms with van der Waals surface area (Å²) in [6.07, 6.45) is 2.58. The molecule has 134 valence electrons. The molecule has 1 aromatic rings. The fourth-order valence-electron chi connectivity index (χ4n) is 3.33. The maximum absolute atomic E-state index is 12.9. The molecule has 2 fully saturated rings. The summed E-state index contributed by atoms with van der Waals surface area (Å²) in [5.41, 5.74) is 0.767. The van der Waals surface area contributed by atoms with E-state index in [9.17, 15) is 18.8 Å². The van der Waals surface area contributed by atoms with Gasteiger partial charge in [-0.15, -0.1) is 0 Å². The molecule has 7 heteroatoms. The van der Waals surface area contributed by atoms with Crippen LogP contribution in [0, 0.1) is 5.82 Å². The van der Waals surface area contributed by atoms with Crippen molar-refractivity contribution in [3.8, 4) is 0 Å². The standard InChI is InChI=1S/C18H22FN3O3/c19-13-3-1-12(2-4-13)11-17(24)20-14-7-9-22(10-8-14)18(25)15-5-6-16(23)21-15/h1-4,14-15H,5-11H2,(H,20,24)(H,21,23). The van der Waals surface area contributed by atoms with Gasteiger partial charge in [0.05, 0.1) is 6.42 Å². The van der Waals surface area contributed by atoms with Gasteiger partial charge in [-0.25, -0.2) is 4.39 Å². The molecule has 0 radical (unpaired) electrons. The number of piperidine rings is 1. The van der Waals surface area contributed by atoms with E-state index in [1.54, 1.807) is 17.0 Å². The zero-order valence-electron chi connectivity index (χ0n) is 14.0. The summed E-state index contributed by atoms with van der Waals surface area (Å²) in [5.74, 6) is -0.512. The van der Waals surface area contributed by atoms with Crippen molar-refractivity contribution in [2.45, 2.75) is 44.2 Å². The fraction of sp³-hybridized carbons (Fsp3) is 0.500. The van der Waals surface area contributed by atoms with Crippen molar-refractivity contribution >= 4 is 17.7 Å². The number of carbonyl (C=O) groups is 3. The molecule has 0 saturated carbocycles. The van der Waals surface area contributed by atoms with Crippen LogP contribution in [0.25, 0.3) is 0 Å². The van der Waals surface area contributed by atoms with Crippen LogP contribution in [0.3, 0.4) is 0 Å². The Bertz CT molecular complexity index is 654. The van der Waals surface area contributed by atoms with Crippen LogP contribution in [-0.2, 0) is 20.8 Å². The SMILES string of the molecule is O=C(Cc1ccc(F)cc1)NC1CCN(C(=O)C2CCC(=O)N2)CC1. The van der Waals surface area contributed by atoms with E-state index in [4.69, 9.17) is 0 Å². The van der Waals surface area contributed by atoms with Crippen LogP contribution >= 0.6 is 0 Å². The summed E-state index contributed by atoms with van der Waals surface area (Å²) in [6, 6.07) is 5.54. The number of rotatable bonds is 4. The second-order valence-electron chi connectivity index (χ2n) is 6.63. The fourth-order valence-corrected chi connectivity index (χ4v) is 3.33. The number of likely N-dealkylation sites (tertiary alicyclic amines) is 1. The van der Waals surface area contributed by atoms with Gasteiger partial charge in [0.1, 0.15) is 11.9 Å². The van der Waals surface area contributed by atoms with Gasteiger partial charge in [-0.3, -0.25) is 14.4 Å². The normalized spacial score (nSPS) is 21.1. The topological polar surface area (TPSA) is 78.5 Å². The Labute approximate surface area is 145 Å². The molecule has 0 bridgehead atoms. The first-order valence-corrected chi connectivity index (χ1v) is 8.63. The maximum atomic E-state index is 12.9. The third-order valence-electron chi connectivity index (χ3n) is 4.74. The number of hydrogen-bond acceptors (Lipinski definition) is 3. The molecule has 0 aliphatic carbocycles. The van der Waals surface area contributed by atoms with Gasteiger partial charge < -0.3 is 15.5 Å². The van der Waals surface area contributed by atoms with Crippen molar-refractivity contribution < 1.29 is 18.8 Å². The Hall–Kier alpha value is -2.44. The summed E-state index contributed by atoms with van der Waals surface area (Å²) < 4.78 is 12.9. The van der Waals surface area contributed by atoms with Crippen molar-refractivity contribution in [3.63, 3.8) is 0 Å². The van der Waals surface area contributed by atoms with Crippen molar-refractivity contribution in [3.05, 3.63) is 35.6 Å². The molecule has 3 amide bonds. The Morgan fingerprint density at radius 1 is 1.16 bits per heavy atom. The van der Waals surface area contributed by atoms with Crippen molar-refractivity contribution in [2.75, 3.05) is 13.1 Å². The lowest BCUT2D eigenvalue weighted by Crippen LogP contribution is -2.51. The van der Waals surface area contributed by atoms with E-state index in [0.29, 0.717) is 38.8 Å². The number of amides is 3. The third-order valence-corrected chi connectivity index (χ3v) is 4.74. The zero-order chi connectivity index (χ0) is 17.8. The Balaban J connectivity index is 1.42. The number of halogens is 1. The molecule has 6 nitrogen and oxygen atoms in total. The number of benzene rings is 1. The van der Waals surface area contributed by atoms with E-state index in [1.807, 2.05) is 0 Å². The highest BCUT2D eigenvalue weighted by Gasteiger charge is 2.32. The van der Waals surface area contributed by atoms with Crippen molar-refractivity contribution in [1.82, 2.24) is 15.5 Å². The van der Waals surface area contributed by atoms with Gasteiger partial charge in [-0.05, 0) is 37.0 Å². The molecular formula is C18H22FN3O3. The predicted molar refractivity (Wildman–Crippen MR) is 89.0 cm³/mol. The summed E-state index contributed by atoms with van der Waals surface area (Å²) in [4.78, 5) is 37.4. The Kier molecular flexibility index (Phi) is 5.31. The Morgan fingerprint density at radius 2 is 1.84 bits per heavy atom. The Morgan fingerprint density at radius 3 is 2.44 bits per heavy atom. The van der Waals surface area contributed by atoms with Crippen LogP contribution in [-0.4, -0.2) is 47.8 Å². The average Bonchev–Trinajstić information content (AvgIpc) is 3.03. The largest absolute Gasteiger partial charge is 0.353 e. The van der Waals surface area contributed by atoms with Gasteiger partial charge in [0, 0.05) is 25.6 Å². The van der Waals surface area contributed by atoms with Crippen LogP contribution in [0.5, 0.6) is 0 Å². The minimum Gasteiger partial charge on any atom is -0.353 e. The molecule has 2 aliphatic heterocycles. The molecular weight excluding hydrogens is 325 g/mol. The molecule has 1 aromatic carbocycles. The summed E-state index contributed by atoms with van der Waals surface area (Å²) in [6.45, 7) is 1.15. The number of hydrogen-bond donors (Lipinski definition) is 2. The summed E-state index contributed by atoms with van der Waals surface area (Å²) >= 11 is 0. The second-order valence-corrected chi connectivity index (χ2v) is 6.63. The zero-order valence-corrected chi connectivity index (χ0v) is 14.0. The van der Waals surface area contributed by atoms with Crippen LogP contribution in [0.1, 0.15) is 31.2 Å². The van der Waals surface area contributed by atoms with Gasteiger partial charge in [0.15, 0.2) is 0 Å². The summed E-state index contributed by atoms with van der Waals surface area (Å²) in [5, 5.41) is 5.68. The first kappa shape index (κ1) is 17.4. The maximum Gasteiger partial charge on any atom is 0.245 e. The van der Waals surface area contributed by atoms with Crippen LogP contribution in [0.4, 0.5) is 4.39 Å². The lowest BCUT2D eigenvalue weighted by atomic mass is 10.0. The van der Waals surface area contributed by atoms with Gasteiger partial charge in [-0.2, -0.15) is 0 Å². The lowest BCUT2D eigenvalue weighted by molar-refractivity contribution is -0.135. The van der Waals surface area contributed by atoms with Crippen molar-refractivity contribution in [2.24, 2.45) is 0 Å². The molecule has 2 N–H and O–H groups in total. The van der Waals surface area contributed by atoms with E-state index in [0.717, 1.165) is 5.56 Å². The number of nitrogens with one attached hydrogen (secondary N) is 2. The third kappa shape index (κ3) is 4.55. The number of carbonyl (C=O) groups excluding carboxylic acids is 3. The van der Waals surface area contributed by atoms with Crippen LogP contribution in [0.15, 0.2) is 24.3 Å². The lowest BCUT2D eigenvalue weighted by Gasteiger charge is -2.33. The monoisotopic (exact) mass is 347 g/mol. The van der Waals surface area contributed by atoms with Gasteiger partial charge in [0.25, 0.3) is 0 Å². The average molecular weight is 347 g/mol. The first-order chi connectivity index (χ1) is 12.0. The molecule has 2 saturated heterocycles. The minimum atomic E-state index is -0.392. The molecule has 0 spiro atoms. The van der Waals surface area contributed by atoms with Gasteiger partial charge in [0.2, 0.25) is 17.7 Å². The van der Waals surface area contributed by atoms with E-state index >= 15 is 0 Å². The highest BCUT2D eigenvalue weighted by molar-refractivity contribution is 5.90. The van der Waals surface area contributed by atoms with E-state index < -0.39 is 6.04 Å². The van der Waals surface area contributed by atoms with E-state index in [2.05, 4.69) is 10.6 Å². The first-order valence-electron chi connectivity index (χ1n) is 8.63. The van der Waals surface area contributed by atoms with Gasteiger partial charge >= 0.3 is 0 Å². The quantitative estimate of drug-likeness (QED) is 0.844. The minimum absolute atomic E-state index is 0.0260. The summed E-state index contributed by atoms with van der Waals surface area (Å²) in [7, 11) is 0. The molecule has 0 aromatic heterocycles.